The van der Waals surface area contributed by atoms with Gasteiger partial charge in [-0.25, -0.2) is 4.39 Å². The van der Waals surface area contributed by atoms with Gasteiger partial charge in [-0.1, -0.05) is 12.1 Å². The topological polar surface area (TPSA) is 38.3 Å². The van der Waals surface area contributed by atoms with E-state index in [2.05, 4.69) is 11.9 Å². The summed E-state index contributed by atoms with van der Waals surface area (Å²) < 4.78 is 18.4. The minimum absolute atomic E-state index is 0.0374. The lowest BCUT2D eigenvalue weighted by atomic mass is 10.3. The predicted molar refractivity (Wildman–Crippen MR) is 68.9 cm³/mol. The Balaban J connectivity index is 2.31. The molecule has 1 aromatic carbocycles. The van der Waals surface area contributed by atoms with Crippen molar-refractivity contribution >= 4 is 5.91 Å². The maximum absolute atomic E-state index is 12.9. The molecule has 0 saturated carbocycles. The molecule has 1 N–H and O–H groups in total. The van der Waals surface area contributed by atoms with E-state index in [1.165, 1.54) is 12.1 Å². The number of carbonyl (C=O) groups excluding carboxylic acids is 1. The molecule has 1 atom stereocenters. The van der Waals surface area contributed by atoms with Crippen molar-refractivity contribution in [2.75, 3.05) is 6.54 Å². The second kappa shape index (κ2) is 7.48. The van der Waals surface area contributed by atoms with Gasteiger partial charge in [0.15, 0.2) is 0 Å². The Morgan fingerprint density at radius 2 is 2.39 bits per heavy atom. The number of hydrogen-bond acceptors (Lipinski definition) is 2. The maximum Gasteiger partial charge on any atom is 0.220 e. The summed E-state index contributed by atoms with van der Waals surface area (Å²) in [6, 6.07) is 5.93. The van der Waals surface area contributed by atoms with Crippen molar-refractivity contribution in [2.45, 2.75) is 25.9 Å². The third kappa shape index (κ3) is 5.48. The molecule has 0 aliphatic carbocycles. The lowest BCUT2D eigenvalue weighted by molar-refractivity contribution is -0.121. The average molecular weight is 251 g/mol. The van der Waals surface area contributed by atoms with Crippen molar-refractivity contribution in [3.8, 4) is 5.75 Å². The Hall–Kier alpha value is -1.84. The van der Waals surface area contributed by atoms with Gasteiger partial charge < -0.3 is 10.1 Å². The quantitative estimate of drug-likeness (QED) is 0.757. The number of nitrogens with one attached hydrogen (secondary N) is 1. The van der Waals surface area contributed by atoms with Gasteiger partial charge in [-0.15, -0.1) is 6.58 Å². The molecule has 1 unspecified atom stereocenters. The van der Waals surface area contributed by atoms with Crippen LogP contribution < -0.4 is 10.1 Å². The van der Waals surface area contributed by atoms with Crippen LogP contribution in [0.25, 0.3) is 0 Å². The van der Waals surface area contributed by atoms with E-state index in [0.29, 0.717) is 25.1 Å². The van der Waals surface area contributed by atoms with E-state index in [0.717, 1.165) is 0 Å². The summed E-state index contributed by atoms with van der Waals surface area (Å²) in [5.41, 5.74) is 0. The zero-order valence-electron chi connectivity index (χ0n) is 10.5. The summed E-state index contributed by atoms with van der Waals surface area (Å²) in [4.78, 5) is 11.3. The van der Waals surface area contributed by atoms with E-state index in [-0.39, 0.29) is 17.8 Å². The van der Waals surface area contributed by atoms with E-state index in [1.54, 1.807) is 18.2 Å². The molecule has 18 heavy (non-hydrogen) atoms. The summed E-state index contributed by atoms with van der Waals surface area (Å²) in [6.45, 7) is 5.77. The Bertz CT molecular complexity index is 407. The molecule has 1 rings (SSSR count). The van der Waals surface area contributed by atoms with E-state index < -0.39 is 0 Å². The highest BCUT2D eigenvalue weighted by molar-refractivity contribution is 5.75. The van der Waals surface area contributed by atoms with Crippen LogP contribution in [0.15, 0.2) is 36.9 Å². The second-order valence-electron chi connectivity index (χ2n) is 4.02. The molecule has 1 amide bonds. The van der Waals surface area contributed by atoms with Crippen LogP contribution in [0.3, 0.4) is 0 Å². The lowest BCUT2D eigenvalue weighted by Gasteiger charge is -2.15. The zero-order valence-corrected chi connectivity index (χ0v) is 10.5. The molecule has 1 aromatic rings. The van der Waals surface area contributed by atoms with Gasteiger partial charge in [-0.2, -0.15) is 0 Å². The molecule has 0 aliphatic rings. The van der Waals surface area contributed by atoms with Crippen LogP contribution in [0.4, 0.5) is 4.39 Å². The molecule has 3 nitrogen and oxygen atoms in total. The number of hydrogen-bond donors (Lipinski definition) is 1. The Morgan fingerprint density at radius 3 is 3.06 bits per heavy atom. The summed E-state index contributed by atoms with van der Waals surface area (Å²) in [7, 11) is 0. The fourth-order valence-electron chi connectivity index (χ4n) is 1.39. The molecule has 0 fully saturated rings. The van der Waals surface area contributed by atoms with Gasteiger partial charge in [0, 0.05) is 12.5 Å². The van der Waals surface area contributed by atoms with Crippen LogP contribution >= 0.6 is 0 Å². The predicted octanol–water partition coefficient (Wildman–Crippen LogP) is 2.68. The first-order valence-corrected chi connectivity index (χ1v) is 5.91. The molecule has 0 heterocycles. The van der Waals surface area contributed by atoms with Gasteiger partial charge >= 0.3 is 0 Å². The molecule has 0 radical (unpaired) electrons. The molecular weight excluding hydrogens is 233 g/mol. The van der Waals surface area contributed by atoms with E-state index in [9.17, 15) is 9.18 Å². The monoisotopic (exact) mass is 251 g/mol. The van der Waals surface area contributed by atoms with Crippen LogP contribution in [-0.4, -0.2) is 18.6 Å². The van der Waals surface area contributed by atoms with Gasteiger partial charge in [0.2, 0.25) is 5.91 Å². The second-order valence-corrected chi connectivity index (χ2v) is 4.02. The third-order valence-electron chi connectivity index (χ3n) is 2.30. The van der Waals surface area contributed by atoms with Crippen LogP contribution in [0.5, 0.6) is 5.75 Å². The SMILES string of the molecule is C=CCCC(=O)NCC(C)Oc1cccc(F)c1. The summed E-state index contributed by atoms with van der Waals surface area (Å²) >= 11 is 0. The van der Waals surface area contributed by atoms with Gasteiger partial charge in [0.05, 0.1) is 6.54 Å². The van der Waals surface area contributed by atoms with Crippen molar-refractivity contribution in [3.05, 3.63) is 42.7 Å². The number of carbonyl (C=O) groups is 1. The zero-order chi connectivity index (χ0) is 13.4. The lowest BCUT2D eigenvalue weighted by Crippen LogP contribution is -2.33. The first-order chi connectivity index (χ1) is 8.61. The van der Waals surface area contributed by atoms with Crippen molar-refractivity contribution in [1.29, 1.82) is 0 Å². The summed E-state index contributed by atoms with van der Waals surface area (Å²) in [6.07, 6.45) is 2.58. The Labute approximate surface area is 107 Å². The molecule has 0 bridgehead atoms. The van der Waals surface area contributed by atoms with Crippen LogP contribution in [0, 0.1) is 5.82 Å². The van der Waals surface area contributed by atoms with E-state index in [4.69, 9.17) is 4.74 Å². The molecular formula is C14H18FNO2. The van der Waals surface area contributed by atoms with E-state index in [1.807, 2.05) is 6.92 Å². The van der Waals surface area contributed by atoms with Crippen LogP contribution in [0.2, 0.25) is 0 Å². The van der Waals surface area contributed by atoms with Gasteiger partial charge in [0.1, 0.15) is 17.7 Å². The van der Waals surface area contributed by atoms with Crippen molar-refractivity contribution in [2.24, 2.45) is 0 Å². The standard InChI is InChI=1S/C14H18FNO2/c1-3-4-8-14(17)16-10-11(2)18-13-7-5-6-12(15)9-13/h3,5-7,9,11H,1,4,8,10H2,2H3,(H,16,17). The third-order valence-corrected chi connectivity index (χ3v) is 2.30. The number of benzene rings is 1. The Kier molecular flexibility index (Phi) is 5.91. The fraction of sp³-hybridized carbons (Fsp3) is 0.357. The molecule has 0 saturated heterocycles. The number of rotatable bonds is 7. The summed E-state index contributed by atoms with van der Waals surface area (Å²) in [5.74, 6) is 0.0853. The summed E-state index contributed by atoms with van der Waals surface area (Å²) in [5, 5.41) is 2.75. The van der Waals surface area contributed by atoms with Crippen LogP contribution in [-0.2, 0) is 4.79 Å². The highest BCUT2D eigenvalue weighted by Gasteiger charge is 2.06. The smallest absolute Gasteiger partial charge is 0.220 e. The first-order valence-electron chi connectivity index (χ1n) is 5.91. The minimum Gasteiger partial charge on any atom is -0.489 e. The van der Waals surface area contributed by atoms with Crippen LogP contribution in [0.1, 0.15) is 19.8 Å². The molecule has 98 valence electrons. The number of halogens is 1. The van der Waals surface area contributed by atoms with E-state index >= 15 is 0 Å². The number of allylic oxidation sites excluding steroid dienone is 1. The highest BCUT2D eigenvalue weighted by Crippen LogP contribution is 2.13. The van der Waals surface area contributed by atoms with Gasteiger partial charge in [0.25, 0.3) is 0 Å². The number of ether oxygens (including phenoxy) is 1. The Morgan fingerprint density at radius 1 is 1.61 bits per heavy atom. The molecule has 4 heteroatoms. The van der Waals surface area contributed by atoms with Crippen molar-refractivity contribution in [3.63, 3.8) is 0 Å². The first kappa shape index (κ1) is 14.2. The molecule has 0 aromatic heterocycles. The maximum atomic E-state index is 12.9. The average Bonchev–Trinajstić information content (AvgIpc) is 2.34. The van der Waals surface area contributed by atoms with Crippen molar-refractivity contribution in [1.82, 2.24) is 5.32 Å². The minimum atomic E-state index is -0.338. The largest absolute Gasteiger partial charge is 0.489 e. The number of amides is 1. The van der Waals surface area contributed by atoms with Crippen molar-refractivity contribution < 1.29 is 13.9 Å². The normalized spacial score (nSPS) is 11.7. The van der Waals surface area contributed by atoms with Gasteiger partial charge in [-0.05, 0) is 25.5 Å². The van der Waals surface area contributed by atoms with Gasteiger partial charge in [-0.3, -0.25) is 4.79 Å². The molecule has 0 aliphatic heterocycles. The highest BCUT2D eigenvalue weighted by atomic mass is 19.1. The molecule has 0 spiro atoms. The fourth-order valence-corrected chi connectivity index (χ4v) is 1.39.